The van der Waals surface area contributed by atoms with Gasteiger partial charge in [-0.3, -0.25) is 4.79 Å². The lowest BCUT2D eigenvalue weighted by atomic mass is 9.78. The fraction of sp³-hybridized carbons (Fsp3) is 0.545. The molecule has 1 aromatic rings. The van der Waals surface area contributed by atoms with Gasteiger partial charge in [-0.15, -0.1) is 0 Å². The van der Waals surface area contributed by atoms with E-state index >= 15 is 0 Å². The zero-order valence-corrected chi connectivity index (χ0v) is 20.2. The van der Waals surface area contributed by atoms with Crippen LogP contribution in [0.1, 0.15) is 82.8 Å². The van der Waals surface area contributed by atoms with E-state index in [9.17, 15) is 9.90 Å². The normalized spacial score (nSPS) is 14.8. The van der Waals surface area contributed by atoms with E-state index < -0.39 is 0 Å². The van der Waals surface area contributed by atoms with Crippen LogP contribution in [0.15, 0.2) is 22.7 Å². The third-order valence-corrected chi connectivity index (χ3v) is 5.85. The van der Waals surface area contributed by atoms with Gasteiger partial charge in [0, 0.05) is 36.6 Å². The molecule has 0 unspecified atom stereocenters. The molecule has 0 atom stereocenters. The Kier molecular flexibility index (Phi) is 8.14. The zero-order valence-electron chi connectivity index (χ0n) is 17.8. The second kappa shape index (κ2) is 9.14. The largest absolute Gasteiger partial charge is 1.00 e. The molecule has 1 aliphatic heterocycles. The van der Waals surface area contributed by atoms with Crippen molar-refractivity contribution in [2.24, 2.45) is 0 Å². The second-order valence-electron chi connectivity index (χ2n) is 9.11. The number of Topliss-reactive ketones (excluding diaryl/α,β-unsaturated/α-hetero) is 1. The first-order chi connectivity index (χ1) is 12.3. The van der Waals surface area contributed by atoms with Crippen molar-refractivity contribution in [3.8, 4) is 5.75 Å². The summed E-state index contributed by atoms with van der Waals surface area (Å²) in [6.45, 7) is 14.2. The van der Waals surface area contributed by atoms with Gasteiger partial charge in [-0.05, 0) is 34.7 Å². The van der Waals surface area contributed by atoms with Crippen LogP contribution in [0.25, 0.3) is 0 Å². The molecule has 0 fully saturated rings. The van der Waals surface area contributed by atoms with E-state index in [1.54, 1.807) is 0 Å². The number of aliphatic hydroxyl groups is 1. The topological polar surface area (TPSA) is 71.6 Å². The molecule has 6 heteroatoms. The molecule has 155 valence electrons. The Bertz CT molecular complexity index is 779. The van der Waals surface area contributed by atoms with Crippen molar-refractivity contribution >= 4 is 22.6 Å². The molecule has 0 saturated heterocycles. The summed E-state index contributed by atoms with van der Waals surface area (Å²) in [7, 11) is 0. The molecule has 0 aromatic heterocycles. The van der Waals surface area contributed by atoms with Crippen molar-refractivity contribution in [1.82, 2.24) is 4.99 Å². The van der Waals surface area contributed by atoms with Crippen molar-refractivity contribution in [2.45, 2.75) is 72.1 Å². The van der Waals surface area contributed by atoms with Gasteiger partial charge in [0.2, 0.25) is 0 Å². The van der Waals surface area contributed by atoms with Crippen molar-refractivity contribution in [3.05, 3.63) is 39.4 Å². The molecular weight excluding hydrogens is 438 g/mol. The maximum absolute atomic E-state index is 13.0. The lowest BCUT2D eigenvalue weighted by Crippen LogP contribution is -3.00. The number of phenols is 1. The summed E-state index contributed by atoms with van der Waals surface area (Å²) in [6.07, 6.45) is 0.800. The first-order valence-corrected chi connectivity index (χ1v) is 10.1. The van der Waals surface area contributed by atoms with Crippen molar-refractivity contribution in [2.75, 3.05) is 6.61 Å². The number of nitrogens with zero attached hydrogens (tertiary/aromatic N) is 1. The fourth-order valence-corrected chi connectivity index (χ4v) is 4.13. The molecule has 2 rings (SSSR count). The average Bonchev–Trinajstić information content (AvgIpc) is 2.85. The number of aromatic hydroxyl groups is 1. The summed E-state index contributed by atoms with van der Waals surface area (Å²) >= 11 is 1.49. The van der Waals surface area contributed by atoms with Crippen LogP contribution < -0.4 is 22.0 Å². The van der Waals surface area contributed by atoms with Crippen LogP contribution in [-0.4, -0.2) is 27.6 Å². The van der Waals surface area contributed by atoms with E-state index in [4.69, 9.17) is 5.11 Å². The minimum atomic E-state index is -0.271. The Balaban J connectivity index is 0.00000392. The van der Waals surface area contributed by atoms with Gasteiger partial charge in [0.15, 0.2) is 5.78 Å². The van der Waals surface area contributed by atoms with Crippen LogP contribution in [0.2, 0.25) is 0 Å². The number of carbonyl (C=O) groups excluding carboxylic acids is 1. The molecule has 1 aliphatic rings. The lowest BCUT2D eigenvalue weighted by Gasteiger charge is -2.28. The predicted molar refractivity (Wildman–Crippen MR) is 114 cm³/mol. The maximum Gasteiger partial charge on any atom is 0.300 e. The molecule has 1 radical (unpaired) electrons. The summed E-state index contributed by atoms with van der Waals surface area (Å²) in [5, 5.41) is 20.7. The number of hydrogen-bond donors (Lipinski definition) is 2. The number of thioether (sulfide) groups is 1. The Morgan fingerprint density at radius 1 is 1.07 bits per heavy atom. The van der Waals surface area contributed by atoms with E-state index in [-0.39, 0.29) is 52.4 Å². The van der Waals surface area contributed by atoms with Gasteiger partial charge in [0.1, 0.15) is 12.2 Å². The molecule has 2 N–H and O–H groups in total. The minimum absolute atomic E-state index is 0. The smallest absolute Gasteiger partial charge is 0.300 e. The number of halogens is 1. The van der Waals surface area contributed by atoms with Crippen LogP contribution in [0, 0.1) is 0 Å². The molecule has 0 bridgehead atoms. The van der Waals surface area contributed by atoms with Crippen LogP contribution in [0.3, 0.4) is 0 Å². The molecule has 4 nitrogen and oxygen atoms in total. The van der Waals surface area contributed by atoms with E-state index in [0.717, 1.165) is 26.8 Å². The van der Waals surface area contributed by atoms with Gasteiger partial charge in [0.25, 0.3) is 10.7 Å². The number of rotatable bonds is 5. The van der Waals surface area contributed by atoms with Crippen molar-refractivity contribution < 1.29 is 32.0 Å². The summed E-state index contributed by atoms with van der Waals surface area (Å²) in [4.78, 5) is 18.5. The van der Waals surface area contributed by atoms with E-state index in [1.165, 1.54) is 11.8 Å². The number of ketones is 1. The molecule has 0 amide bonds. The van der Waals surface area contributed by atoms with Crippen molar-refractivity contribution in [3.63, 3.8) is 0 Å². The Morgan fingerprint density at radius 3 is 2.00 bits per heavy atom. The summed E-state index contributed by atoms with van der Waals surface area (Å²) < 4.78 is 0. The van der Waals surface area contributed by atoms with Crippen LogP contribution >= 0.6 is 11.8 Å². The minimum Gasteiger partial charge on any atom is -1.00 e. The van der Waals surface area contributed by atoms with Gasteiger partial charge < -0.3 is 27.2 Å². The average molecular weight is 469 g/mol. The van der Waals surface area contributed by atoms with Gasteiger partial charge >= 0.3 is 0 Å². The van der Waals surface area contributed by atoms with Crippen LogP contribution in [0.5, 0.6) is 5.75 Å². The summed E-state index contributed by atoms with van der Waals surface area (Å²) in [5.74, 6) is 0.275. The molecule has 0 saturated carbocycles. The molecule has 1 aromatic carbocycles. The number of aliphatic imine (C=N–C) groups is 1. The van der Waals surface area contributed by atoms with E-state index in [0.29, 0.717) is 12.0 Å². The highest BCUT2D eigenvalue weighted by Gasteiger charge is 2.32. The van der Waals surface area contributed by atoms with Gasteiger partial charge in [-0.2, -0.15) is 0 Å². The first-order valence-electron chi connectivity index (χ1n) is 9.31. The van der Waals surface area contributed by atoms with E-state index in [1.807, 2.05) is 60.6 Å². The number of allylic oxidation sites excluding steroid dienone is 1. The molecule has 0 aliphatic carbocycles. The third-order valence-electron chi connectivity index (χ3n) is 4.64. The second-order valence-corrected chi connectivity index (χ2v) is 10.3. The predicted octanol–water partition coefficient (Wildman–Crippen LogP) is 1.66. The third kappa shape index (κ3) is 5.71. The highest BCUT2D eigenvalue weighted by Crippen LogP contribution is 2.40. The Labute approximate surface area is 183 Å². The maximum atomic E-state index is 13.0. The fourth-order valence-electron chi connectivity index (χ4n) is 3.08. The number of benzene rings is 1. The Morgan fingerprint density at radius 2 is 1.57 bits per heavy atom. The number of hydrogen-bond acceptors (Lipinski definition) is 5. The molecule has 28 heavy (non-hydrogen) atoms. The SMILES string of the molecule is CC1=C(CCO)SC(CC(=O)c2cc(C(C)(C)C)c(O)c(C(C)(C)C)c2)=[N+]1.[Br-]. The number of carbonyl (C=O) groups is 1. The lowest BCUT2D eigenvalue weighted by molar-refractivity contribution is -0.0000169. The molecule has 0 spiro atoms. The quantitative estimate of drug-likeness (QED) is 0.644. The molecule has 1 heterocycles. The standard InChI is InChI=1S/C22H31NO3S.BrH/c1-13-18(8-9-24)27-19(23-13)12-17(25)14-10-15(21(2,3)4)20(26)16(11-14)22(5,6)7;/h10-11,24,26H,8-9,12H2,1-7H3;1H/q+1;/p-1. The van der Waals surface area contributed by atoms with Crippen LogP contribution in [-0.2, 0) is 10.8 Å². The summed E-state index contributed by atoms with van der Waals surface area (Å²) in [5.41, 5.74) is 2.52. The van der Waals surface area contributed by atoms with Gasteiger partial charge in [0.05, 0.1) is 9.90 Å². The van der Waals surface area contributed by atoms with Crippen LogP contribution in [0.4, 0.5) is 0 Å². The highest BCUT2D eigenvalue weighted by molar-refractivity contribution is 8.17. The zero-order chi connectivity index (χ0) is 20.6. The Hall–Kier alpha value is -1.11. The van der Waals surface area contributed by atoms with Gasteiger partial charge in [-0.1, -0.05) is 41.5 Å². The number of phenolic OH excluding ortho intramolecular Hbond substituents is 1. The first kappa shape index (κ1) is 24.9. The van der Waals surface area contributed by atoms with E-state index in [2.05, 4.69) is 4.99 Å². The molecular formula is C22H31BrNO3S. The monoisotopic (exact) mass is 468 g/mol. The number of aliphatic hydroxyl groups excluding tert-OH is 1. The highest BCUT2D eigenvalue weighted by atomic mass is 79.9. The summed E-state index contributed by atoms with van der Waals surface area (Å²) in [6, 6.07) is 3.64. The van der Waals surface area contributed by atoms with Gasteiger partial charge in [-0.25, -0.2) is 0 Å². The van der Waals surface area contributed by atoms with Crippen molar-refractivity contribution in [1.29, 1.82) is 0 Å².